The Balaban J connectivity index is 1.84. The molecule has 0 aliphatic heterocycles. The van der Waals surface area contributed by atoms with Gasteiger partial charge in [-0.1, -0.05) is 28.9 Å². The lowest BCUT2D eigenvalue weighted by atomic mass is 10.2. The molecular weight excluding hydrogens is 334 g/mol. The van der Waals surface area contributed by atoms with Gasteiger partial charge in [-0.05, 0) is 36.4 Å². The molecular formula is C16H12ClN3O4. The highest BCUT2D eigenvalue weighted by molar-refractivity contribution is 6.33. The van der Waals surface area contributed by atoms with Crippen molar-refractivity contribution in [2.24, 2.45) is 0 Å². The van der Waals surface area contributed by atoms with E-state index in [1.54, 1.807) is 36.4 Å². The molecule has 0 saturated heterocycles. The quantitative estimate of drug-likeness (QED) is 0.708. The molecule has 2 N–H and O–H groups in total. The number of anilines is 1. The van der Waals surface area contributed by atoms with E-state index in [-0.39, 0.29) is 18.1 Å². The van der Waals surface area contributed by atoms with Crippen LogP contribution >= 0.6 is 11.6 Å². The van der Waals surface area contributed by atoms with Crippen LogP contribution in [0.3, 0.4) is 0 Å². The zero-order chi connectivity index (χ0) is 17.1. The number of halogens is 1. The van der Waals surface area contributed by atoms with Gasteiger partial charge in [0.1, 0.15) is 12.3 Å². The Morgan fingerprint density at radius 1 is 1.21 bits per heavy atom. The first-order valence-electron chi connectivity index (χ1n) is 6.95. The van der Waals surface area contributed by atoms with Gasteiger partial charge in [-0.3, -0.25) is 9.32 Å². The number of phenolic OH excluding ortho intramolecular Hbond substituents is 1. The minimum Gasteiger partial charge on any atom is -0.508 e. The van der Waals surface area contributed by atoms with Crippen molar-refractivity contribution < 1.29 is 14.4 Å². The van der Waals surface area contributed by atoms with Gasteiger partial charge in [0.25, 0.3) is 0 Å². The van der Waals surface area contributed by atoms with Crippen LogP contribution in [0.4, 0.5) is 5.69 Å². The van der Waals surface area contributed by atoms with Gasteiger partial charge in [0.15, 0.2) is 5.82 Å². The van der Waals surface area contributed by atoms with Crippen molar-refractivity contribution in [3.05, 3.63) is 64.1 Å². The Kier molecular flexibility index (Phi) is 4.35. The van der Waals surface area contributed by atoms with Gasteiger partial charge in [-0.15, -0.1) is 0 Å². The lowest BCUT2D eigenvalue weighted by Gasteiger charge is -2.07. The molecule has 122 valence electrons. The molecule has 1 heterocycles. The van der Waals surface area contributed by atoms with Crippen molar-refractivity contribution in [1.29, 1.82) is 0 Å². The fourth-order valence-corrected chi connectivity index (χ4v) is 2.35. The number of aromatic nitrogens is 2. The summed E-state index contributed by atoms with van der Waals surface area (Å²) in [7, 11) is 0. The van der Waals surface area contributed by atoms with Crippen molar-refractivity contribution in [3.63, 3.8) is 0 Å². The number of rotatable bonds is 4. The zero-order valence-corrected chi connectivity index (χ0v) is 13.0. The maximum atomic E-state index is 12.1. The average molecular weight is 346 g/mol. The van der Waals surface area contributed by atoms with Gasteiger partial charge in [-0.25, -0.2) is 9.36 Å². The number of benzene rings is 2. The van der Waals surface area contributed by atoms with E-state index in [0.29, 0.717) is 16.3 Å². The van der Waals surface area contributed by atoms with Crippen LogP contribution < -0.4 is 11.1 Å². The van der Waals surface area contributed by atoms with Crippen LogP contribution in [0.2, 0.25) is 5.02 Å². The number of hydrogen-bond acceptors (Lipinski definition) is 5. The number of amides is 1. The standard InChI is InChI=1S/C16H12ClN3O4/c17-13-4-2-1-3-12(13)15-19-24-16(23)20(15)9-14(22)18-10-5-7-11(21)8-6-10/h1-8,21H,9H2,(H,18,22). The van der Waals surface area contributed by atoms with E-state index in [4.69, 9.17) is 11.6 Å². The smallest absolute Gasteiger partial charge is 0.442 e. The minimum atomic E-state index is -0.759. The van der Waals surface area contributed by atoms with Crippen LogP contribution in [0.5, 0.6) is 5.75 Å². The summed E-state index contributed by atoms with van der Waals surface area (Å²) >= 11 is 6.10. The number of nitrogens with zero attached hydrogens (tertiary/aromatic N) is 2. The third-order valence-corrected chi connectivity index (χ3v) is 3.58. The average Bonchev–Trinajstić information content (AvgIpc) is 2.91. The molecule has 0 atom stereocenters. The number of carbonyl (C=O) groups excluding carboxylic acids is 1. The van der Waals surface area contributed by atoms with Crippen LogP contribution in [0.25, 0.3) is 11.4 Å². The summed E-state index contributed by atoms with van der Waals surface area (Å²) in [6, 6.07) is 12.8. The first-order valence-corrected chi connectivity index (χ1v) is 7.32. The van der Waals surface area contributed by atoms with Crippen LogP contribution in [-0.4, -0.2) is 20.7 Å². The van der Waals surface area contributed by atoms with E-state index < -0.39 is 11.7 Å². The molecule has 0 aliphatic rings. The molecule has 0 bridgehead atoms. The van der Waals surface area contributed by atoms with Crippen LogP contribution in [0.15, 0.2) is 57.8 Å². The fourth-order valence-electron chi connectivity index (χ4n) is 2.13. The van der Waals surface area contributed by atoms with Crippen molar-refractivity contribution in [2.45, 2.75) is 6.54 Å². The highest BCUT2D eigenvalue weighted by atomic mass is 35.5. The second-order valence-electron chi connectivity index (χ2n) is 4.93. The summed E-state index contributed by atoms with van der Waals surface area (Å²) in [4.78, 5) is 24.0. The van der Waals surface area contributed by atoms with E-state index in [0.717, 1.165) is 4.57 Å². The number of phenols is 1. The van der Waals surface area contributed by atoms with Crippen molar-refractivity contribution in [1.82, 2.24) is 9.72 Å². The maximum Gasteiger partial charge on any atom is 0.442 e. The van der Waals surface area contributed by atoms with Gasteiger partial charge in [0.2, 0.25) is 5.91 Å². The Labute approximate surface area is 141 Å². The molecule has 0 radical (unpaired) electrons. The maximum absolute atomic E-state index is 12.1. The van der Waals surface area contributed by atoms with Gasteiger partial charge in [0, 0.05) is 11.3 Å². The summed E-state index contributed by atoms with van der Waals surface area (Å²) in [5.41, 5.74) is 0.976. The van der Waals surface area contributed by atoms with Crippen LogP contribution in [0.1, 0.15) is 0 Å². The molecule has 3 aromatic rings. The predicted octanol–water partition coefficient (Wildman–Crippen LogP) is 2.50. The normalized spacial score (nSPS) is 10.5. The monoisotopic (exact) mass is 345 g/mol. The van der Waals surface area contributed by atoms with Gasteiger partial charge in [0.05, 0.1) is 5.02 Å². The zero-order valence-electron chi connectivity index (χ0n) is 12.3. The van der Waals surface area contributed by atoms with E-state index in [1.165, 1.54) is 12.1 Å². The molecule has 8 heteroatoms. The van der Waals surface area contributed by atoms with E-state index in [9.17, 15) is 14.7 Å². The molecule has 2 aromatic carbocycles. The number of aromatic hydroxyl groups is 1. The summed E-state index contributed by atoms with van der Waals surface area (Å²) in [5.74, 6) is -0.944. The predicted molar refractivity (Wildman–Crippen MR) is 87.9 cm³/mol. The van der Waals surface area contributed by atoms with Crippen molar-refractivity contribution in [2.75, 3.05) is 5.32 Å². The molecule has 1 amide bonds. The molecule has 0 fully saturated rings. The van der Waals surface area contributed by atoms with Crippen molar-refractivity contribution >= 4 is 23.2 Å². The first kappa shape index (κ1) is 15.8. The van der Waals surface area contributed by atoms with Gasteiger partial charge < -0.3 is 10.4 Å². The SMILES string of the molecule is O=C(Cn1c(-c2ccccc2Cl)noc1=O)Nc1ccc(O)cc1. The third-order valence-electron chi connectivity index (χ3n) is 3.25. The third kappa shape index (κ3) is 3.31. The molecule has 0 spiro atoms. The molecule has 0 saturated carbocycles. The summed E-state index contributed by atoms with van der Waals surface area (Å²) < 4.78 is 5.75. The Morgan fingerprint density at radius 3 is 2.62 bits per heavy atom. The highest BCUT2D eigenvalue weighted by Crippen LogP contribution is 2.25. The largest absolute Gasteiger partial charge is 0.508 e. The van der Waals surface area contributed by atoms with E-state index >= 15 is 0 Å². The van der Waals surface area contributed by atoms with Crippen LogP contribution in [-0.2, 0) is 11.3 Å². The number of carbonyl (C=O) groups is 1. The van der Waals surface area contributed by atoms with Crippen molar-refractivity contribution in [3.8, 4) is 17.1 Å². The summed E-state index contributed by atoms with van der Waals surface area (Å²) in [6.07, 6.45) is 0. The molecule has 24 heavy (non-hydrogen) atoms. The van der Waals surface area contributed by atoms with Crippen LogP contribution in [0, 0.1) is 0 Å². The summed E-state index contributed by atoms with van der Waals surface area (Å²) in [5, 5.41) is 15.9. The lowest BCUT2D eigenvalue weighted by Crippen LogP contribution is -2.25. The van der Waals surface area contributed by atoms with Gasteiger partial charge in [-0.2, -0.15) is 0 Å². The highest BCUT2D eigenvalue weighted by Gasteiger charge is 2.17. The van der Waals surface area contributed by atoms with E-state index in [2.05, 4.69) is 15.0 Å². The Morgan fingerprint density at radius 2 is 1.92 bits per heavy atom. The molecule has 7 nitrogen and oxygen atoms in total. The number of hydrogen-bond donors (Lipinski definition) is 2. The summed E-state index contributed by atoms with van der Waals surface area (Å²) in [6.45, 7) is -0.288. The topological polar surface area (TPSA) is 97.4 Å². The molecule has 3 rings (SSSR count). The minimum absolute atomic E-state index is 0.0873. The second kappa shape index (κ2) is 6.59. The lowest BCUT2D eigenvalue weighted by molar-refractivity contribution is -0.116. The molecule has 0 aliphatic carbocycles. The van der Waals surface area contributed by atoms with Gasteiger partial charge >= 0.3 is 5.76 Å². The first-order chi connectivity index (χ1) is 11.5. The molecule has 0 unspecified atom stereocenters. The number of nitrogens with one attached hydrogen (secondary N) is 1. The Bertz CT molecular complexity index is 931. The molecule has 1 aromatic heterocycles. The second-order valence-corrected chi connectivity index (χ2v) is 5.34. The van der Waals surface area contributed by atoms with E-state index in [1.807, 2.05) is 0 Å². The fraction of sp³-hybridized carbons (Fsp3) is 0.0625. The Hall–Kier alpha value is -3.06.